The molecule has 7 nitrogen and oxygen atoms in total. The van der Waals surface area contributed by atoms with Gasteiger partial charge in [0.25, 0.3) is 0 Å². The zero-order valence-corrected chi connectivity index (χ0v) is 15.9. The van der Waals surface area contributed by atoms with Gasteiger partial charge in [-0.2, -0.15) is 0 Å². The second-order valence-corrected chi connectivity index (χ2v) is 6.77. The minimum absolute atomic E-state index is 0.0155. The van der Waals surface area contributed by atoms with Crippen LogP contribution in [0.3, 0.4) is 0 Å². The molecule has 2 N–H and O–H groups in total. The Morgan fingerprint density at radius 3 is 2.68 bits per heavy atom. The number of carbonyl (C=O) groups is 1. The number of halogens is 1. The van der Waals surface area contributed by atoms with Crippen molar-refractivity contribution < 1.29 is 19.0 Å². The number of carbonyl (C=O) groups excluding carboxylic acids is 1. The topological polar surface area (TPSA) is 87.6 Å². The van der Waals surface area contributed by atoms with Crippen molar-refractivity contribution in [3.8, 4) is 17.1 Å². The molecule has 1 fully saturated rings. The van der Waals surface area contributed by atoms with Crippen molar-refractivity contribution in [1.29, 1.82) is 0 Å². The van der Waals surface area contributed by atoms with Crippen LogP contribution in [0.4, 0.5) is 9.18 Å². The van der Waals surface area contributed by atoms with E-state index in [1.807, 2.05) is 11.8 Å². The molecule has 1 aliphatic rings. The molecule has 8 heteroatoms. The Morgan fingerprint density at radius 2 is 2.04 bits per heavy atom. The third-order valence-electron chi connectivity index (χ3n) is 4.87. The van der Waals surface area contributed by atoms with E-state index in [-0.39, 0.29) is 24.2 Å². The van der Waals surface area contributed by atoms with Crippen LogP contribution >= 0.6 is 0 Å². The summed E-state index contributed by atoms with van der Waals surface area (Å²) in [4.78, 5) is 22.0. The number of piperidine rings is 1. The Labute approximate surface area is 163 Å². The van der Waals surface area contributed by atoms with Crippen LogP contribution in [0, 0.1) is 11.7 Å². The fourth-order valence-electron chi connectivity index (χ4n) is 3.21. The first-order valence-corrected chi connectivity index (χ1v) is 9.48. The predicted octanol–water partition coefficient (Wildman–Crippen LogP) is 2.60. The molecule has 0 atom stereocenters. The van der Waals surface area contributed by atoms with Gasteiger partial charge in [0.05, 0.1) is 13.2 Å². The van der Waals surface area contributed by atoms with Crippen LogP contribution in [0.15, 0.2) is 30.6 Å². The lowest BCUT2D eigenvalue weighted by Gasteiger charge is -2.31. The number of ether oxygens (including phenoxy) is 1. The van der Waals surface area contributed by atoms with Gasteiger partial charge in [0.1, 0.15) is 5.82 Å². The van der Waals surface area contributed by atoms with Gasteiger partial charge in [-0.3, -0.25) is 0 Å². The predicted molar refractivity (Wildman–Crippen MR) is 102 cm³/mol. The molecule has 2 heterocycles. The summed E-state index contributed by atoms with van der Waals surface area (Å²) >= 11 is 0. The highest BCUT2D eigenvalue weighted by atomic mass is 19.1. The van der Waals surface area contributed by atoms with Crippen molar-refractivity contribution in [2.75, 3.05) is 26.2 Å². The quantitative estimate of drug-likeness (QED) is 0.794. The number of hydrogen-bond donors (Lipinski definition) is 2. The molecule has 0 aliphatic carbocycles. The molecule has 150 valence electrons. The van der Waals surface area contributed by atoms with Crippen LogP contribution in [-0.2, 0) is 6.61 Å². The first-order chi connectivity index (χ1) is 13.6. The van der Waals surface area contributed by atoms with E-state index < -0.39 is 5.82 Å². The number of nitrogens with zero attached hydrogens (tertiary/aromatic N) is 3. The SMILES string of the molecule is CCNC(=O)N1CCC(COc2ncc(-c3cccc(CO)c3F)cn2)CC1. The highest BCUT2D eigenvalue weighted by Crippen LogP contribution is 2.25. The van der Waals surface area contributed by atoms with Gasteiger partial charge in [-0.1, -0.05) is 18.2 Å². The first-order valence-electron chi connectivity index (χ1n) is 9.48. The molecule has 0 saturated carbocycles. The Bertz CT molecular complexity index is 793. The molecule has 2 amide bonds. The lowest BCUT2D eigenvalue weighted by atomic mass is 9.98. The highest BCUT2D eigenvalue weighted by Gasteiger charge is 2.23. The summed E-state index contributed by atoms with van der Waals surface area (Å²) in [6.45, 7) is 4.07. The number of aliphatic hydroxyl groups is 1. The summed E-state index contributed by atoms with van der Waals surface area (Å²) in [5, 5.41) is 12.0. The van der Waals surface area contributed by atoms with Gasteiger partial charge in [0, 0.05) is 48.7 Å². The first kappa shape index (κ1) is 20.0. The van der Waals surface area contributed by atoms with Crippen molar-refractivity contribution in [2.45, 2.75) is 26.4 Å². The molecule has 1 aromatic carbocycles. The van der Waals surface area contributed by atoms with Gasteiger partial charge in [0.2, 0.25) is 0 Å². The molecule has 0 bridgehead atoms. The van der Waals surface area contributed by atoms with Gasteiger partial charge in [-0.25, -0.2) is 19.2 Å². The molecule has 3 rings (SSSR count). The van der Waals surface area contributed by atoms with Crippen LogP contribution < -0.4 is 10.1 Å². The number of benzene rings is 1. The summed E-state index contributed by atoms with van der Waals surface area (Å²) in [7, 11) is 0. The van der Waals surface area contributed by atoms with E-state index in [0.717, 1.165) is 12.8 Å². The van der Waals surface area contributed by atoms with Gasteiger partial charge < -0.3 is 20.1 Å². The normalized spacial score (nSPS) is 14.8. The number of nitrogens with one attached hydrogen (secondary N) is 1. The maximum atomic E-state index is 14.3. The summed E-state index contributed by atoms with van der Waals surface area (Å²) < 4.78 is 20.0. The standard InChI is InChI=1S/C20H25FN4O3/c1-2-22-20(27)25-8-6-14(7-9-25)13-28-19-23-10-16(11-24-19)17-5-3-4-15(12-26)18(17)21/h3-5,10-11,14,26H,2,6-9,12-13H2,1H3,(H,22,27). The molecule has 28 heavy (non-hydrogen) atoms. The van der Waals surface area contributed by atoms with E-state index in [9.17, 15) is 14.3 Å². The van der Waals surface area contributed by atoms with Crippen LogP contribution in [0.5, 0.6) is 6.01 Å². The third-order valence-corrected chi connectivity index (χ3v) is 4.87. The molecule has 0 spiro atoms. The summed E-state index contributed by atoms with van der Waals surface area (Å²) in [5.74, 6) is -0.131. The minimum Gasteiger partial charge on any atom is -0.463 e. The van der Waals surface area contributed by atoms with Crippen molar-refractivity contribution >= 4 is 6.03 Å². The molecule has 2 aromatic rings. The average molecular weight is 388 g/mol. The molecular weight excluding hydrogens is 363 g/mol. The monoisotopic (exact) mass is 388 g/mol. The fraction of sp³-hybridized carbons (Fsp3) is 0.450. The summed E-state index contributed by atoms with van der Waals surface area (Å²) in [5.41, 5.74) is 1.10. The van der Waals surface area contributed by atoms with Crippen LogP contribution in [0.25, 0.3) is 11.1 Å². The van der Waals surface area contributed by atoms with E-state index >= 15 is 0 Å². The number of hydrogen-bond acceptors (Lipinski definition) is 5. The molecule has 0 radical (unpaired) electrons. The summed E-state index contributed by atoms with van der Waals surface area (Å²) in [6, 6.07) is 5.07. The number of aliphatic hydroxyl groups excluding tert-OH is 1. The number of rotatable bonds is 6. The fourth-order valence-corrected chi connectivity index (χ4v) is 3.21. The molecule has 1 aromatic heterocycles. The van der Waals surface area contributed by atoms with E-state index in [4.69, 9.17) is 4.74 Å². The number of aromatic nitrogens is 2. The van der Waals surface area contributed by atoms with Crippen LogP contribution in [-0.4, -0.2) is 52.2 Å². The maximum absolute atomic E-state index is 14.3. The molecular formula is C20H25FN4O3. The van der Waals surface area contributed by atoms with Gasteiger partial charge in [0.15, 0.2) is 0 Å². The van der Waals surface area contributed by atoms with Crippen molar-refractivity contribution in [3.63, 3.8) is 0 Å². The van der Waals surface area contributed by atoms with Gasteiger partial charge >= 0.3 is 12.0 Å². The zero-order valence-electron chi connectivity index (χ0n) is 15.9. The van der Waals surface area contributed by atoms with E-state index in [0.29, 0.717) is 43.3 Å². The third kappa shape index (κ3) is 4.75. The van der Waals surface area contributed by atoms with E-state index in [1.54, 1.807) is 12.1 Å². The van der Waals surface area contributed by atoms with Crippen LogP contribution in [0.2, 0.25) is 0 Å². The van der Waals surface area contributed by atoms with Crippen molar-refractivity contribution in [3.05, 3.63) is 42.0 Å². The number of urea groups is 1. The Hall–Kier alpha value is -2.74. The number of likely N-dealkylation sites (tertiary alicyclic amines) is 1. The van der Waals surface area contributed by atoms with Crippen LogP contribution in [0.1, 0.15) is 25.3 Å². The molecule has 1 aliphatic heterocycles. The minimum atomic E-state index is -0.471. The van der Waals surface area contributed by atoms with Crippen molar-refractivity contribution in [1.82, 2.24) is 20.2 Å². The smallest absolute Gasteiger partial charge is 0.317 e. The Balaban J connectivity index is 1.53. The van der Waals surface area contributed by atoms with E-state index in [1.165, 1.54) is 18.5 Å². The lowest BCUT2D eigenvalue weighted by Crippen LogP contribution is -2.45. The van der Waals surface area contributed by atoms with Gasteiger partial charge in [-0.15, -0.1) is 0 Å². The van der Waals surface area contributed by atoms with Gasteiger partial charge in [-0.05, 0) is 25.7 Å². The van der Waals surface area contributed by atoms with Crippen molar-refractivity contribution in [2.24, 2.45) is 5.92 Å². The molecule has 1 saturated heterocycles. The lowest BCUT2D eigenvalue weighted by molar-refractivity contribution is 0.141. The second kappa shape index (κ2) is 9.45. The van der Waals surface area contributed by atoms with E-state index in [2.05, 4.69) is 15.3 Å². The maximum Gasteiger partial charge on any atom is 0.317 e. The largest absolute Gasteiger partial charge is 0.463 e. The summed E-state index contributed by atoms with van der Waals surface area (Å²) in [6.07, 6.45) is 4.77. The Morgan fingerprint density at radius 1 is 1.32 bits per heavy atom. The Kier molecular flexibility index (Phi) is 6.76. The second-order valence-electron chi connectivity index (χ2n) is 6.77. The highest BCUT2D eigenvalue weighted by molar-refractivity contribution is 5.74. The molecule has 0 unspecified atom stereocenters. The zero-order chi connectivity index (χ0) is 19.9. The number of amides is 2. The average Bonchev–Trinajstić information content (AvgIpc) is 2.73.